The summed E-state index contributed by atoms with van der Waals surface area (Å²) < 4.78 is 8.51. The maximum absolute atomic E-state index is 6.09. The Bertz CT molecular complexity index is 421. The van der Waals surface area contributed by atoms with E-state index in [4.69, 9.17) is 4.74 Å². The van der Waals surface area contributed by atoms with Gasteiger partial charge in [0.15, 0.2) is 0 Å². The molecule has 1 unspecified atom stereocenters. The van der Waals surface area contributed by atoms with Gasteiger partial charge in [-0.2, -0.15) is 0 Å². The predicted molar refractivity (Wildman–Crippen MR) is 75.4 cm³/mol. The van der Waals surface area contributed by atoms with Crippen LogP contribution in [-0.2, 0) is 4.74 Å². The van der Waals surface area contributed by atoms with E-state index in [1.807, 2.05) is 6.33 Å². The first-order valence-corrected chi connectivity index (χ1v) is 7.64. The Morgan fingerprint density at radius 2 is 2.21 bits per heavy atom. The van der Waals surface area contributed by atoms with Gasteiger partial charge in [0.2, 0.25) is 0 Å². The van der Waals surface area contributed by atoms with E-state index in [-0.39, 0.29) is 5.60 Å². The highest BCUT2D eigenvalue weighted by Gasteiger charge is 2.36. The maximum Gasteiger partial charge on any atom is 0.0950 e. The Kier molecular flexibility index (Phi) is 3.63. The van der Waals surface area contributed by atoms with Gasteiger partial charge in [-0.05, 0) is 25.7 Å². The van der Waals surface area contributed by atoms with Gasteiger partial charge in [0.25, 0.3) is 0 Å². The normalized spacial score (nSPS) is 27.2. The zero-order valence-electron chi connectivity index (χ0n) is 12.1. The van der Waals surface area contributed by atoms with E-state index in [0.717, 1.165) is 45.4 Å². The first-order valence-electron chi connectivity index (χ1n) is 7.64. The highest BCUT2D eigenvalue weighted by atomic mass is 16.5. The number of hydrogen-bond donors (Lipinski definition) is 1. The summed E-state index contributed by atoms with van der Waals surface area (Å²) in [5.41, 5.74) is 1.49. The van der Waals surface area contributed by atoms with Gasteiger partial charge in [0.05, 0.1) is 11.9 Å². The second-order valence-corrected chi connectivity index (χ2v) is 5.97. The molecule has 2 aliphatic heterocycles. The molecular weight excluding hydrogens is 238 g/mol. The second-order valence-electron chi connectivity index (χ2n) is 5.97. The zero-order valence-corrected chi connectivity index (χ0v) is 12.1. The van der Waals surface area contributed by atoms with Crippen LogP contribution in [0.15, 0.2) is 12.5 Å². The van der Waals surface area contributed by atoms with Crippen molar-refractivity contribution in [3.05, 3.63) is 18.2 Å². The van der Waals surface area contributed by atoms with Crippen LogP contribution in [-0.4, -0.2) is 34.8 Å². The van der Waals surface area contributed by atoms with Crippen LogP contribution in [0.1, 0.15) is 57.2 Å². The number of nitrogens with zero attached hydrogens (tertiary/aromatic N) is 2. The van der Waals surface area contributed by atoms with Gasteiger partial charge in [0, 0.05) is 43.5 Å². The van der Waals surface area contributed by atoms with E-state index in [0.29, 0.717) is 12.0 Å². The molecule has 19 heavy (non-hydrogen) atoms. The van der Waals surface area contributed by atoms with Gasteiger partial charge in [-0.25, -0.2) is 4.98 Å². The molecule has 0 saturated carbocycles. The Balaban J connectivity index is 1.80. The first-order chi connectivity index (χ1) is 9.28. The topological polar surface area (TPSA) is 39.1 Å². The Labute approximate surface area is 115 Å². The molecule has 1 atom stereocenters. The molecule has 106 valence electrons. The molecule has 0 amide bonds. The van der Waals surface area contributed by atoms with Crippen LogP contribution in [0.2, 0.25) is 0 Å². The van der Waals surface area contributed by atoms with Gasteiger partial charge in [-0.1, -0.05) is 13.8 Å². The van der Waals surface area contributed by atoms with Crippen LogP contribution in [0.5, 0.6) is 0 Å². The monoisotopic (exact) mass is 263 g/mol. The van der Waals surface area contributed by atoms with E-state index >= 15 is 0 Å². The number of ether oxygens (including phenoxy) is 1. The summed E-state index contributed by atoms with van der Waals surface area (Å²) in [7, 11) is 0. The van der Waals surface area contributed by atoms with Crippen LogP contribution >= 0.6 is 0 Å². The summed E-state index contributed by atoms with van der Waals surface area (Å²) in [6.45, 7) is 7.57. The van der Waals surface area contributed by atoms with Crippen LogP contribution in [0.4, 0.5) is 0 Å². The molecule has 0 aliphatic carbocycles. The average molecular weight is 263 g/mol. The van der Waals surface area contributed by atoms with Gasteiger partial charge in [-0.3, -0.25) is 0 Å². The SMILES string of the molecule is CCC1(CC)CC(n2cncc2C2CNC2)CCO1. The molecule has 0 radical (unpaired) electrons. The van der Waals surface area contributed by atoms with Gasteiger partial charge >= 0.3 is 0 Å². The van der Waals surface area contributed by atoms with E-state index in [9.17, 15) is 0 Å². The quantitative estimate of drug-likeness (QED) is 0.907. The predicted octanol–water partition coefficient (Wildman–Crippen LogP) is 2.48. The summed E-state index contributed by atoms with van der Waals surface area (Å²) in [5, 5.41) is 3.35. The van der Waals surface area contributed by atoms with Crippen molar-refractivity contribution in [3.8, 4) is 0 Å². The lowest BCUT2D eigenvalue weighted by Crippen LogP contribution is -2.43. The minimum absolute atomic E-state index is 0.0856. The Morgan fingerprint density at radius 1 is 1.42 bits per heavy atom. The largest absolute Gasteiger partial charge is 0.375 e. The maximum atomic E-state index is 6.09. The van der Waals surface area contributed by atoms with Crippen molar-refractivity contribution in [2.45, 2.75) is 57.1 Å². The fraction of sp³-hybridized carbons (Fsp3) is 0.800. The molecular formula is C15H25N3O. The molecule has 1 N–H and O–H groups in total. The minimum atomic E-state index is 0.0856. The van der Waals surface area contributed by atoms with E-state index < -0.39 is 0 Å². The van der Waals surface area contributed by atoms with E-state index in [1.165, 1.54) is 5.69 Å². The van der Waals surface area contributed by atoms with Crippen molar-refractivity contribution in [2.75, 3.05) is 19.7 Å². The third-order valence-corrected chi connectivity index (χ3v) is 5.04. The van der Waals surface area contributed by atoms with Crippen molar-refractivity contribution < 1.29 is 4.74 Å². The van der Waals surface area contributed by atoms with Gasteiger partial charge in [-0.15, -0.1) is 0 Å². The van der Waals surface area contributed by atoms with Crippen molar-refractivity contribution in [3.63, 3.8) is 0 Å². The van der Waals surface area contributed by atoms with E-state index in [1.54, 1.807) is 0 Å². The smallest absolute Gasteiger partial charge is 0.0950 e. The van der Waals surface area contributed by atoms with Crippen LogP contribution in [0.25, 0.3) is 0 Å². The van der Waals surface area contributed by atoms with Crippen molar-refractivity contribution >= 4 is 0 Å². The molecule has 1 aromatic rings. The lowest BCUT2D eigenvalue weighted by atomic mass is 9.85. The van der Waals surface area contributed by atoms with Crippen LogP contribution in [0, 0.1) is 0 Å². The number of hydrogen-bond acceptors (Lipinski definition) is 3. The third kappa shape index (κ3) is 2.32. The molecule has 1 aromatic heterocycles. The highest BCUT2D eigenvalue weighted by Crippen LogP contribution is 2.38. The highest BCUT2D eigenvalue weighted by molar-refractivity contribution is 5.13. The molecule has 0 aromatic carbocycles. The summed E-state index contributed by atoms with van der Waals surface area (Å²) >= 11 is 0. The third-order valence-electron chi connectivity index (χ3n) is 5.04. The van der Waals surface area contributed by atoms with Gasteiger partial charge < -0.3 is 14.6 Å². The van der Waals surface area contributed by atoms with Crippen molar-refractivity contribution in [1.82, 2.24) is 14.9 Å². The number of aromatic nitrogens is 2. The fourth-order valence-electron chi connectivity index (χ4n) is 3.42. The molecule has 2 aliphatic rings. The Hall–Kier alpha value is -0.870. The molecule has 4 heteroatoms. The summed E-state index contributed by atoms with van der Waals surface area (Å²) in [6, 6.07) is 0.562. The van der Waals surface area contributed by atoms with Crippen molar-refractivity contribution in [1.29, 1.82) is 0 Å². The molecule has 3 heterocycles. The van der Waals surface area contributed by atoms with Crippen LogP contribution < -0.4 is 5.32 Å². The molecule has 2 fully saturated rings. The standard InChI is InChI=1S/C15H25N3O/c1-3-15(4-2)7-13(5-6-19-15)18-11-17-10-14(18)12-8-16-9-12/h10-13,16H,3-9H2,1-2H3. The average Bonchev–Trinajstić information content (AvgIpc) is 2.86. The number of rotatable bonds is 4. The number of nitrogens with one attached hydrogen (secondary N) is 1. The molecule has 3 rings (SSSR count). The molecule has 0 spiro atoms. The molecule has 0 bridgehead atoms. The first kappa shape index (κ1) is 13.1. The Morgan fingerprint density at radius 3 is 2.84 bits per heavy atom. The molecule has 4 nitrogen and oxygen atoms in total. The summed E-state index contributed by atoms with van der Waals surface area (Å²) in [6.07, 6.45) is 8.54. The number of imidazole rings is 1. The van der Waals surface area contributed by atoms with Crippen molar-refractivity contribution in [2.24, 2.45) is 0 Å². The molecule has 2 saturated heterocycles. The summed E-state index contributed by atoms with van der Waals surface area (Å²) in [4.78, 5) is 4.39. The van der Waals surface area contributed by atoms with E-state index in [2.05, 4.69) is 34.9 Å². The van der Waals surface area contributed by atoms with Gasteiger partial charge in [0.1, 0.15) is 0 Å². The second kappa shape index (κ2) is 5.25. The lowest BCUT2D eigenvalue weighted by Gasteiger charge is -2.41. The zero-order chi connectivity index (χ0) is 13.3. The fourth-order valence-corrected chi connectivity index (χ4v) is 3.42. The lowest BCUT2D eigenvalue weighted by molar-refractivity contribution is -0.0991. The summed E-state index contributed by atoms with van der Waals surface area (Å²) in [5.74, 6) is 0.656. The van der Waals surface area contributed by atoms with Crippen LogP contribution in [0.3, 0.4) is 0 Å². The minimum Gasteiger partial charge on any atom is -0.375 e.